The third-order valence-electron chi connectivity index (χ3n) is 2.77. The van der Waals surface area contributed by atoms with E-state index in [4.69, 9.17) is 11.6 Å². The van der Waals surface area contributed by atoms with Gasteiger partial charge in [-0.3, -0.25) is 4.79 Å². The molecule has 1 aliphatic heterocycles. The number of carbonyl (C=O) groups excluding carboxylic acids is 1. The molecule has 2 rings (SSSR count). The Morgan fingerprint density at radius 3 is 2.94 bits per heavy atom. The maximum absolute atomic E-state index is 12.3. The number of piperazine rings is 1. The first-order valence-corrected chi connectivity index (χ1v) is 6.72. The Morgan fingerprint density at radius 2 is 2.29 bits per heavy atom. The Labute approximate surface area is 114 Å². The van der Waals surface area contributed by atoms with Gasteiger partial charge in [0, 0.05) is 40.7 Å². The van der Waals surface area contributed by atoms with Crippen LogP contribution in [0, 0.1) is 0 Å². The number of halogens is 2. The summed E-state index contributed by atoms with van der Waals surface area (Å²) in [5.41, 5.74) is 0.637. The topological polar surface area (TPSA) is 32.3 Å². The second-order valence-electron chi connectivity index (χ2n) is 4.26. The lowest BCUT2D eigenvalue weighted by Gasteiger charge is -2.32. The fourth-order valence-corrected chi connectivity index (χ4v) is 2.84. The molecule has 0 bridgehead atoms. The molecule has 1 heterocycles. The summed E-state index contributed by atoms with van der Waals surface area (Å²) in [6.07, 6.45) is 0. The molecule has 0 saturated carbocycles. The van der Waals surface area contributed by atoms with Gasteiger partial charge in [0.25, 0.3) is 5.91 Å². The molecule has 1 saturated heterocycles. The van der Waals surface area contributed by atoms with Crippen LogP contribution in [0.3, 0.4) is 0 Å². The fraction of sp³-hybridized carbons (Fsp3) is 0.417. The van der Waals surface area contributed by atoms with Crippen LogP contribution in [0.1, 0.15) is 17.3 Å². The van der Waals surface area contributed by atoms with E-state index in [1.807, 2.05) is 4.90 Å². The monoisotopic (exact) mass is 316 g/mol. The largest absolute Gasteiger partial charge is 0.336 e. The molecule has 0 radical (unpaired) electrons. The van der Waals surface area contributed by atoms with Gasteiger partial charge in [0.15, 0.2) is 0 Å². The maximum atomic E-state index is 12.3. The summed E-state index contributed by atoms with van der Waals surface area (Å²) in [6, 6.07) is 5.64. The summed E-state index contributed by atoms with van der Waals surface area (Å²) in [4.78, 5) is 14.1. The van der Waals surface area contributed by atoms with Gasteiger partial charge in [0.1, 0.15) is 0 Å². The molecule has 1 N–H and O–H groups in total. The molecule has 1 aromatic rings. The molecule has 1 amide bonds. The van der Waals surface area contributed by atoms with Crippen molar-refractivity contribution in [3.63, 3.8) is 0 Å². The summed E-state index contributed by atoms with van der Waals surface area (Å²) >= 11 is 9.30. The zero-order chi connectivity index (χ0) is 12.4. The Kier molecular flexibility index (Phi) is 4.07. The molecule has 1 atom stereocenters. The lowest BCUT2D eigenvalue weighted by molar-refractivity contribution is 0.0709. The maximum Gasteiger partial charge on any atom is 0.254 e. The molecule has 1 fully saturated rings. The van der Waals surface area contributed by atoms with Crippen LogP contribution >= 0.6 is 27.5 Å². The zero-order valence-electron chi connectivity index (χ0n) is 9.54. The first kappa shape index (κ1) is 12.9. The van der Waals surface area contributed by atoms with E-state index in [0.29, 0.717) is 16.6 Å². The highest BCUT2D eigenvalue weighted by Crippen LogP contribution is 2.21. The van der Waals surface area contributed by atoms with Gasteiger partial charge in [-0.2, -0.15) is 0 Å². The SMILES string of the molecule is CC1CN(C(=O)c2cc(Cl)cc(Br)c2)CCN1. The first-order valence-electron chi connectivity index (χ1n) is 5.55. The molecule has 92 valence electrons. The Balaban J connectivity index is 2.18. The van der Waals surface area contributed by atoms with Crippen LogP contribution in [0.2, 0.25) is 5.02 Å². The van der Waals surface area contributed by atoms with Crippen LogP contribution in [0.5, 0.6) is 0 Å². The predicted octanol–water partition coefficient (Wildman–Crippen LogP) is 2.54. The molecule has 1 aromatic carbocycles. The Morgan fingerprint density at radius 1 is 1.53 bits per heavy atom. The summed E-state index contributed by atoms with van der Waals surface area (Å²) in [5, 5.41) is 3.89. The third-order valence-corrected chi connectivity index (χ3v) is 3.44. The van der Waals surface area contributed by atoms with E-state index in [1.54, 1.807) is 18.2 Å². The van der Waals surface area contributed by atoms with Gasteiger partial charge in [-0.15, -0.1) is 0 Å². The second-order valence-corrected chi connectivity index (χ2v) is 5.62. The number of rotatable bonds is 1. The summed E-state index contributed by atoms with van der Waals surface area (Å²) < 4.78 is 0.830. The van der Waals surface area contributed by atoms with Crippen LogP contribution in [0.15, 0.2) is 22.7 Å². The highest BCUT2D eigenvalue weighted by Gasteiger charge is 2.21. The molecule has 17 heavy (non-hydrogen) atoms. The Hall–Kier alpha value is -0.580. The minimum Gasteiger partial charge on any atom is -0.336 e. The normalized spacial score (nSPS) is 20.4. The molecule has 0 aromatic heterocycles. The molecule has 1 unspecified atom stereocenters. The van der Waals surface area contributed by atoms with E-state index in [1.165, 1.54) is 0 Å². The summed E-state index contributed by atoms with van der Waals surface area (Å²) in [6.45, 7) is 4.40. The quantitative estimate of drug-likeness (QED) is 0.863. The molecular formula is C12H14BrClN2O. The number of amides is 1. The van der Waals surface area contributed by atoms with Crippen LogP contribution in [-0.2, 0) is 0 Å². The number of hydrogen-bond donors (Lipinski definition) is 1. The minimum absolute atomic E-state index is 0.0431. The van der Waals surface area contributed by atoms with Crippen molar-refractivity contribution in [1.82, 2.24) is 10.2 Å². The van der Waals surface area contributed by atoms with E-state index in [2.05, 4.69) is 28.2 Å². The van der Waals surface area contributed by atoms with Crippen molar-refractivity contribution < 1.29 is 4.79 Å². The standard InChI is InChI=1S/C12H14BrClN2O/c1-8-7-16(3-2-15-8)12(17)9-4-10(13)6-11(14)5-9/h4-6,8,15H,2-3,7H2,1H3. The van der Waals surface area contributed by atoms with Gasteiger partial charge < -0.3 is 10.2 Å². The smallest absolute Gasteiger partial charge is 0.254 e. The van der Waals surface area contributed by atoms with Crippen molar-refractivity contribution >= 4 is 33.4 Å². The lowest BCUT2D eigenvalue weighted by atomic mass is 10.1. The summed E-state index contributed by atoms with van der Waals surface area (Å²) in [7, 11) is 0. The molecule has 1 aliphatic rings. The van der Waals surface area contributed by atoms with Crippen LogP contribution < -0.4 is 5.32 Å². The van der Waals surface area contributed by atoms with Gasteiger partial charge in [-0.1, -0.05) is 27.5 Å². The van der Waals surface area contributed by atoms with E-state index >= 15 is 0 Å². The second kappa shape index (κ2) is 5.38. The minimum atomic E-state index is 0.0431. The van der Waals surface area contributed by atoms with Gasteiger partial charge in [-0.05, 0) is 25.1 Å². The van der Waals surface area contributed by atoms with E-state index in [9.17, 15) is 4.79 Å². The van der Waals surface area contributed by atoms with Gasteiger partial charge in [0.2, 0.25) is 0 Å². The van der Waals surface area contributed by atoms with Crippen LogP contribution in [0.4, 0.5) is 0 Å². The molecule has 0 spiro atoms. The third kappa shape index (κ3) is 3.21. The van der Waals surface area contributed by atoms with Crippen LogP contribution in [0.25, 0.3) is 0 Å². The highest BCUT2D eigenvalue weighted by atomic mass is 79.9. The van der Waals surface area contributed by atoms with Crippen molar-refractivity contribution in [2.45, 2.75) is 13.0 Å². The zero-order valence-corrected chi connectivity index (χ0v) is 11.9. The number of nitrogens with one attached hydrogen (secondary N) is 1. The number of benzene rings is 1. The Bertz CT molecular complexity index is 418. The number of nitrogens with zero attached hydrogens (tertiary/aromatic N) is 1. The first-order chi connectivity index (χ1) is 8.06. The van der Waals surface area contributed by atoms with Crippen molar-refractivity contribution in [3.05, 3.63) is 33.3 Å². The van der Waals surface area contributed by atoms with Crippen molar-refractivity contribution in [2.75, 3.05) is 19.6 Å². The highest BCUT2D eigenvalue weighted by molar-refractivity contribution is 9.10. The summed E-state index contributed by atoms with van der Waals surface area (Å²) in [5.74, 6) is 0.0431. The average molecular weight is 318 g/mol. The number of hydrogen-bond acceptors (Lipinski definition) is 2. The molecule has 3 nitrogen and oxygen atoms in total. The van der Waals surface area contributed by atoms with Crippen LogP contribution in [-0.4, -0.2) is 36.5 Å². The number of carbonyl (C=O) groups is 1. The predicted molar refractivity (Wildman–Crippen MR) is 72.5 cm³/mol. The molecule has 0 aliphatic carbocycles. The van der Waals surface area contributed by atoms with Crippen molar-refractivity contribution in [3.8, 4) is 0 Å². The molecular weight excluding hydrogens is 304 g/mol. The van der Waals surface area contributed by atoms with Crippen molar-refractivity contribution in [1.29, 1.82) is 0 Å². The van der Waals surface area contributed by atoms with E-state index in [-0.39, 0.29) is 5.91 Å². The van der Waals surface area contributed by atoms with E-state index < -0.39 is 0 Å². The average Bonchev–Trinajstić information content (AvgIpc) is 2.26. The lowest BCUT2D eigenvalue weighted by Crippen LogP contribution is -2.51. The van der Waals surface area contributed by atoms with Gasteiger partial charge in [-0.25, -0.2) is 0 Å². The molecule has 5 heteroatoms. The van der Waals surface area contributed by atoms with Crippen molar-refractivity contribution in [2.24, 2.45) is 0 Å². The van der Waals surface area contributed by atoms with E-state index in [0.717, 1.165) is 24.1 Å². The van der Waals surface area contributed by atoms with Gasteiger partial charge >= 0.3 is 0 Å². The van der Waals surface area contributed by atoms with Gasteiger partial charge in [0.05, 0.1) is 0 Å². The fourth-order valence-electron chi connectivity index (χ4n) is 1.98.